The molecule has 7 nitrogen and oxygen atoms in total. The average Bonchev–Trinajstić information content (AvgIpc) is 2.69. The number of aryl methyl sites for hydroxylation is 1. The normalized spacial score (nSPS) is 12.0. The van der Waals surface area contributed by atoms with Crippen LogP contribution in [0.15, 0.2) is 10.3 Å². The Bertz CT molecular complexity index is 531. The number of nitrogens with one attached hydrogen (secondary N) is 1. The van der Waals surface area contributed by atoms with E-state index in [2.05, 4.69) is 0 Å². The van der Waals surface area contributed by atoms with Crippen molar-refractivity contribution in [2.75, 3.05) is 13.2 Å². The van der Waals surface area contributed by atoms with Gasteiger partial charge in [-0.05, 0) is 17.9 Å². The lowest BCUT2D eigenvalue weighted by Crippen LogP contribution is -2.40. The Morgan fingerprint density at radius 3 is 2.44 bits per heavy atom. The lowest BCUT2D eigenvalue weighted by molar-refractivity contribution is 0.0698. The molecule has 0 saturated carbocycles. The standard InChI is InChI=1S/C9H13NO6S2/c1-5-4-17-7(9(13)14)8(5)18(15,16)10-6(2-11)3-12/h4,6,10-12H,2-3H2,1H3,(H,13,14). The maximum atomic E-state index is 12.0. The lowest BCUT2D eigenvalue weighted by Gasteiger charge is -2.14. The summed E-state index contributed by atoms with van der Waals surface area (Å²) >= 11 is 0.810. The summed E-state index contributed by atoms with van der Waals surface area (Å²) in [6.07, 6.45) is 0. The molecule has 18 heavy (non-hydrogen) atoms. The van der Waals surface area contributed by atoms with Crippen LogP contribution in [0.4, 0.5) is 0 Å². The van der Waals surface area contributed by atoms with E-state index in [-0.39, 0.29) is 9.77 Å². The Hall–Kier alpha value is -1.00. The van der Waals surface area contributed by atoms with E-state index in [4.69, 9.17) is 15.3 Å². The summed E-state index contributed by atoms with van der Waals surface area (Å²) in [7, 11) is -4.09. The first kappa shape index (κ1) is 15.1. The minimum Gasteiger partial charge on any atom is -0.477 e. The van der Waals surface area contributed by atoms with Gasteiger partial charge in [0.15, 0.2) is 0 Å². The number of thiophene rings is 1. The van der Waals surface area contributed by atoms with E-state index in [1.165, 1.54) is 12.3 Å². The molecule has 4 N–H and O–H groups in total. The van der Waals surface area contributed by atoms with Gasteiger partial charge in [-0.2, -0.15) is 0 Å². The highest BCUT2D eigenvalue weighted by Gasteiger charge is 2.28. The van der Waals surface area contributed by atoms with Crippen molar-refractivity contribution in [1.82, 2.24) is 4.72 Å². The van der Waals surface area contributed by atoms with Gasteiger partial charge in [0.05, 0.1) is 19.3 Å². The van der Waals surface area contributed by atoms with Crippen LogP contribution in [0.1, 0.15) is 15.2 Å². The molecular weight excluding hydrogens is 282 g/mol. The average molecular weight is 295 g/mol. The molecule has 1 rings (SSSR count). The third-order valence-electron chi connectivity index (χ3n) is 2.14. The van der Waals surface area contributed by atoms with Gasteiger partial charge in [-0.3, -0.25) is 0 Å². The Labute approximate surface area is 108 Å². The molecule has 1 heterocycles. The van der Waals surface area contributed by atoms with Crippen molar-refractivity contribution in [2.45, 2.75) is 17.9 Å². The van der Waals surface area contributed by atoms with Crippen molar-refractivity contribution in [3.8, 4) is 0 Å². The Morgan fingerprint density at radius 1 is 1.44 bits per heavy atom. The molecule has 0 aromatic carbocycles. The minimum absolute atomic E-state index is 0.297. The van der Waals surface area contributed by atoms with Gasteiger partial charge in [-0.15, -0.1) is 11.3 Å². The highest BCUT2D eigenvalue weighted by Crippen LogP contribution is 2.26. The summed E-state index contributed by atoms with van der Waals surface area (Å²) in [5.74, 6) is -1.34. The van der Waals surface area contributed by atoms with E-state index < -0.39 is 35.2 Å². The highest BCUT2D eigenvalue weighted by molar-refractivity contribution is 7.89. The molecule has 0 spiro atoms. The zero-order chi connectivity index (χ0) is 13.9. The van der Waals surface area contributed by atoms with Crippen LogP contribution in [-0.2, 0) is 10.0 Å². The van der Waals surface area contributed by atoms with Gasteiger partial charge in [-0.25, -0.2) is 17.9 Å². The number of aliphatic hydroxyl groups excluding tert-OH is 2. The quantitative estimate of drug-likeness (QED) is 0.555. The zero-order valence-electron chi connectivity index (χ0n) is 9.45. The predicted octanol–water partition coefficient (Wildman–Crippen LogP) is -0.614. The summed E-state index contributed by atoms with van der Waals surface area (Å²) in [5.41, 5.74) is 0.305. The molecule has 0 amide bonds. The largest absolute Gasteiger partial charge is 0.477 e. The Morgan fingerprint density at radius 2 is 2.00 bits per heavy atom. The van der Waals surface area contributed by atoms with E-state index in [0.717, 1.165) is 11.3 Å². The van der Waals surface area contributed by atoms with Crippen molar-refractivity contribution in [1.29, 1.82) is 0 Å². The Kier molecular flexibility index (Phi) is 4.82. The summed E-state index contributed by atoms with van der Waals surface area (Å²) in [6, 6.07) is -1.06. The molecule has 0 aliphatic carbocycles. The summed E-state index contributed by atoms with van der Waals surface area (Å²) in [5, 5.41) is 28.0. The second-order valence-corrected chi connectivity index (χ2v) is 6.10. The van der Waals surface area contributed by atoms with Gasteiger partial charge >= 0.3 is 5.97 Å². The topological polar surface area (TPSA) is 124 Å². The second kappa shape index (κ2) is 5.76. The Balaban J connectivity index is 3.20. The molecule has 0 bridgehead atoms. The van der Waals surface area contributed by atoms with Crippen LogP contribution in [0.25, 0.3) is 0 Å². The van der Waals surface area contributed by atoms with Crippen molar-refractivity contribution in [3.05, 3.63) is 15.8 Å². The van der Waals surface area contributed by atoms with E-state index in [1.54, 1.807) is 0 Å². The van der Waals surface area contributed by atoms with Gasteiger partial charge in [0.25, 0.3) is 0 Å². The number of aromatic carboxylic acids is 1. The van der Waals surface area contributed by atoms with E-state index in [1.807, 2.05) is 4.72 Å². The van der Waals surface area contributed by atoms with Crippen LogP contribution < -0.4 is 4.72 Å². The second-order valence-electron chi connectivity index (χ2n) is 3.57. The fraction of sp³-hybridized carbons (Fsp3) is 0.444. The molecule has 1 aromatic heterocycles. The van der Waals surface area contributed by atoms with Gasteiger partial charge in [0.1, 0.15) is 9.77 Å². The fourth-order valence-electron chi connectivity index (χ4n) is 1.33. The summed E-state index contributed by atoms with van der Waals surface area (Å²) < 4.78 is 26.0. The molecule has 1 aromatic rings. The number of carboxylic acids is 1. The molecule has 0 radical (unpaired) electrons. The summed E-state index contributed by atoms with van der Waals surface area (Å²) in [4.78, 5) is 10.3. The molecule has 102 valence electrons. The molecule has 9 heteroatoms. The first-order valence-corrected chi connectivity index (χ1v) is 7.25. The number of carboxylic acid groups (broad SMARTS) is 1. The van der Waals surface area contributed by atoms with Crippen LogP contribution in [0.2, 0.25) is 0 Å². The smallest absolute Gasteiger partial charge is 0.347 e. The number of sulfonamides is 1. The number of rotatable bonds is 6. The molecule has 0 aliphatic heterocycles. The molecule has 0 fully saturated rings. The van der Waals surface area contributed by atoms with Crippen LogP contribution in [0.5, 0.6) is 0 Å². The number of hydrogen-bond acceptors (Lipinski definition) is 6. The van der Waals surface area contributed by atoms with Gasteiger partial charge in [0, 0.05) is 0 Å². The van der Waals surface area contributed by atoms with Gasteiger partial charge in [-0.1, -0.05) is 0 Å². The molecule has 0 atom stereocenters. The van der Waals surface area contributed by atoms with E-state index >= 15 is 0 Å². The van der Waals surface area contributed by atoms with Crippen molar-refractivity contribution >= 4 is 27.3 Å². The van der Waals surface area contributed by atoms with E-state index in [0.29, 0.717) is 5.56 Å². The first-order valence-electron chi connectivity index (χ1n) is 4.89. The van der Waals surface area contributed by atoms with Crippen LogP contribution >= 0.6 is 11.3 Å². The first-order chi connectivity index (χ1) is 8.33. The maximum absolute atomic E-state index is 12.0. The minimum atomic E-state index is -4.09. The number of carbonyl (C=O) groups is 1. The van der Waals surface area contributed by atoms with Crippen molar-refractivity contribution in [3.63, 3.8) is 0 Å². The monoisotopic (exact) mass is 295 g/mol. The number of aliphatic hydroxyl groups is 2. The maximum Gasteiger partial charge on any atom is 0.347 e. The van der Waals surface area contributed by atoms with Crippen LogP contribution in [0.3, 0.4) is 0 Å². The SMILES string of the molecule is Cc1csc(C(=O)O)c1S(=O)(=O)NC(CO)CO. The van der Waals surface area contributed by atoms with E-state index in [9.17, 15) is 13.2 Å². The highest BCUT2D eigenvalue weighted by atomic mass is 32.2. The van der Waals surface area contributed by atoms with Gasteiger partial charge < -0.3 is 15.3 Å². The summed E-state index contributed by atoms with van der Waals surface area (Å²) in [6.45, 7) is 0.313. The number of hydrogen-bond donors (Lipinski definition) is 4. The van der Waals surface area contributed by atoms with Crippen LogP contribution in [-0.4, -0.2) is 49.0 Å². The third-order valence-corrected chi connectivity index (χ3v) is 5.07. The zero-order valence-corrected chi connectivity index (χ0v) is 11.1. The molecule has 0 aliphatic rings. The van der Waals surface area contributed by atoms with Crippen molar-refractivity contribution < 1.29 is 28.5 Å². The molecule has 0 saturated heterocycles. The van der Waals surface area contributed by atoms with Crippen molar-refractivity contribution in [2.24, 2.45) is 0 Å². The molecular formula is C9H13NO6S2. The fourth-order valence-corrected chi connectivity index (χ4v) is 4.17. The van der Waals surface area contributed by atoms with Crippen LogP contribution in [0, 0.1) is 6.92 Å². The lowest BCUT2D eigenvalue weighted by atomic mass is 10.3. The third kappa shape index (κ3) is 3.06. The molecule has 0 unspecified atom stereocenters. The van der Waals surface area contributed by atoms with Gasteiger partial charge in [0.2, 0.25) is 10.0 Å². The predicted molar refractivity (Wildman–Crippen MR) is 64.3 cm³/mol.